The van der Waals surface area contributed by atoms with Crippen LogP contribution in [0.3, 0.4) is 0 Å². The minimum absolute atomic E-state index is 0.156. The first-order valence-electron chi connectivity index (χ1n) is 7.79. The Labute approximate surface area is 137 Å². The Hall–Kier alpha value is -0.640. The van der Waals surface area contributed by atoms with Gasteiger partial charge in [0.1, 0.15) is 5.75 Å². The van der Waals surface area contributed by atoms with Gasteiger partial charge in [-0.25, -0.2) is 4.57 Å². The van der Waals surface area contributed by atoms with Crippen LogP contribution in [0.15, 0.2) is 18.2 Å². The van der Waals surface area contributed by atoms with Crippen molar-refractivity contribution >= 4 is 15.2 Å². The molecule has 0 radical (unpaired) electrons. The van der Waals surface area contributed by atoms with E-state index in [4.69, 9.17) is 4.52 Å². The molecule has 0 spiro atoms. The highest BCUT2D eigenvalue weighted by atomic mass is 31.2. The van der Waals surface area contributed by atoms with E-state index >= 15 is 0 Å². The van der Waals surface area contributed by atoms with E-state index in [1.165, 1.54) is 13.8 Å². The highest BCUT2D eigenvalue weighted by Crippen LogP contribution is 2.73. The number of aryl methyl sites for hydroxylation is 1. The maximum atomic E-state index is 12.8. The van der Waals surface area contributed by atoms with Crippen LogP contribution in [-0.2, 0) is 22.0 Å². The molecule has 132 valence electrons. The third-order valence-corrected chi connectivity index (χ3v) is 9.77. The summed E-state index contributed by atoms with van der Waals surface area (Å²) >= 11 is 0. The van der Waals surface area contributed by atoms with Gasteiger partial charge >= 0.3 is 15.2 Å². The van der Waals surface area contributed by atoms with E-state index in [0.29, 0.717) is 6.42 Å². The molecule has 1 atom stereocenters. The minimum Gasteiger partial charge on any atom is -0.423 e. The van der Waals surface area contributed by atoms with E-state index < -0.39 is 20.1 Å². The van der Waals surface area contributed by atoms with Crippen molar-refractivity contribution in [2.75, 3.05) is 0 Å². The number of benzene rings is 1. The van der Waals surface area contributed by atoms with E-state index in [9.17, 15) is 23.8 Å². The first-order chi connectivity index (χ1) is 10.6. The van der Waals surface area contributed by atoms with Gasteiger partial charge in [-0.2, -0.15) is 0 Å². The SMILES string of the molecule is CCc1cccc(OP(=O)(O)C(CC)(CC)P(=O)(O)O)c1CC. The monoisotopic (exact) mass is 364 g/mol. The summed E-state index contributed by atoms with van der Waals surface area (Å²) < 4.78 is 30.1. The third-order valence-electron chi connectivity index (χ3n) is 4.39. The van der Waals surface area contributed by atoms with Crippen LogP contribution >= 0.6 is 15.2 Å². The Balaban J connectivity index is 3.41. The molecule has 0 fully saturated rings. The second-order valence-corrected chi connectivity index (χ2v) is 9.82. The fraction of sp³-hybridized carbons (Fsp3) is 0.600. The molecule has 0 aromatic heterocycles. The van der Waals surface area contributed by atoms with Gasteiger partial charge in [-0.1, -0.05) is 39.8 Å². The molecule has 1 aromatic rings. The van der Waals surface area contributed by atoms with Crippen LogP contribution < -0.4 is 4.52 Å². The van der Waals surface area contributed by atoms with Crippen LogP contribution in [0.25, 0.3) is 0 Å². The summed E-state index contributed by atoms with van der Waals surface area (Å²) in [7, 11) is -9.46. The number of hydrogen-bond donors (Lipinski definition) is 3. The fourth-order valence-electron chi connectivity index (χ4n) is 2.87. The highest BCUT2D eigenvalue weighted by molar-refractivity contribution is 7.73. The molecule has 23 heavy (non-hydrogen) atoms. The van der Waals surface area contributed by atoms with Gasteiger partial charge in [0.2, 0.25) is 0 Å². The van der Waals surface area contributed by atoms with Crippen molar-refractivity contribution in [1.29, 1.82) is 0 Å². The Morgan fingerprint density at radius 3 is 1.96 bits per heavy atom. The zero-order chi connectivity index (χ0) is 17.9. The summed E-state index contributed by atoms with van der Waals surface area (Å²) in [6.45, 7) is 6.84. The molecular formula is C15H26O6P2. The Bertz CT molecular complexity index is 633. The summed E-state index contributed by atoms with van der Waals surface area (Å²) in [5, 5.41) is 0. The molecule has 1 unspecified atom stereocenters. The van der Waals surface area contributed by atoms with Crippen molar-refractivity contribution in [2.24, 2.45) is 0 Å². The van der Waals surface area contributed by atoms with E-state index in [-0.39, 0.29) is 18.6 Å². The zero-order valence-electron chi connectivity index (χ0n) is 14.0. The quantitative estimate of drug-likeness (QED) is 0.601. The van der Waals surface area contributed by atoms with E-state index in [0.717, 1.165) is 17.5 Å². The molecule has 6 nitrogen and oxygen atoms in total. The van der Waals surface area contributed by atoms with Crippen LogP contribution in [0.4, 0.5) is 0 Å². The zero-order valence-corrected chi connectivity index (χ0v) is 15.8. The van der Waals surface area contributed by atoms with Gasteiger partial charge in [0, 0.05) is 0 Å². The molecule has 0 aliphatic rings. The van der Waals surface area contributed by atoms with Crippen molar-refractivity contribution in [3.05, 3.63) is 29.3 Å². The van der Waals surface area contributed by atoms with Gasteiger partial charge in [0.25, 0.3) is 0 Å². The topological polar surface area (TPSA) is 104 Å². The van der Waals surface area contributed by atoms with Crippen LogP contribution in [0.2, 0.25) is 0 Å². The second kappa shape index (κ2) is 7.50. The largest absolute Gasteiger partial charge is 0.423 e. The molecule has 1 aromatic carbocycles. The van der Waals surface area contributed by atoms with Crippen LogP contribution in [-0.4, -0.2) is 19.6 Å². The number of hydrogen-bond acceptors (Lipinski definition) is 3. The predicted molar refractivity (Wildman–Crippen MR) is 91.0 cm³/mol. The summed E-state index contributed by atoms with van der Waals surface area (Å²) in [6.07, 6.45) is 1.02. The lowest BCUT2D eigenvalue weighted by atomic mass is 10.0. The second-order valence-electron chi connectivity index (χ2n) is 5.45. The molecule has 0 amide bonds. The van der Waals surface area contributed by atoms with Crippen molar-refractivity contribution < 1.29 is 28.3 Å². The van der Waals surface area contributed by atoms with Crippen LogP contribution in [0, 0.1) is 0 Å². The van der Waals surface area contributed by atoms with E-state index in [1.807, 2.05) is 19.9 Å². The van der Waals surface area contributed by atoms with Gasteiger partial charge in [-0.15, -0.1) is 0 Å². The summed E-state index contributed by atoms with van der Waals surface area (Å²) in [6, 6.07) is 5.19. The van der Waals surface area contributed by atoms with Crippen molar-refractivity contribution in [3.63, 3.8) is 0 Å². The lowest BCUT2D eigenvalue weighted by Crippen LogP contribution is -2.29. The molecule has 0 heterocycles. The Morgan fingerprint density at radius 2 is 1.57 bits per heavy atom. The summed E-state index contributed by atoms with van der Waals surface area (Å²) in [5.41, 5.74) is 1.77. The predicted octanol–water partition coefficient (Wildman–Crippen LogP) is 4.07. The van der Waals surface area contributed by atoms with Gasteiger partial charge in [0.05, 0.1) is 0 Å². The van der Waals surface area contributed by atoms with Gasteiger partial charge in [-0.05, 0) is 42.9 Å². The lowest BCUT2D eigenvalue weighted by Gasteiger charge is -2.35. The molecule has 3 N–H and O–H groups in total. The molecule has 0 aliphatic carbocycles. The molecule has 1 rings (SSSR count). The van der Waals surface area contributed by atoms with Crippen molar-refractivity contribution in [1.82, 2.24) is 0 Å². The average molecular weight is 364 g/mol. The standard InChI is InChI=1S/C15H26O6P2/c1-5-12-10-9-11-14(13(12)6-2)21-23(19,20)15(7-3,8-4)22(16,17)18/h9-11H,5-8H2,1-4H3,(H,19,20)(H2,16,17,18). The molecule has 0 saturated heterocycles. The third kappa shape index (κ3) is 3.72. The maximum absolute atomic E-state index is 12.8. The molecule has 8 heteroatoms. The van der Waals surface area contributed by atoms with Crippen LogP contribution in [0.1, 0.15) is 51.7 Å². The van der Waals surface area contributed by atoms with Gasteiger partial charge in [-0.3, -0.25) is 4.57 Å². The fourth-order valence-corrected chi connectivity index (χ4v) is 6.54. The first-order valence-corrected chi connectivity index (χ1v) is 11.0. The van der Waals surface area contributed by atoms with Crippen molar-refractivity contribution in [2.45, 2.75) is 58.3 Å². The lowest BCUT2D eigenvalue weighted by molar-refractivity contribution is 0.304. The van der Waals surface area contributed by atoms with Gasteiger partial charge < -0.3 is 19.2 Å². The number of rotatable bonds is 8. The molecule has 0 saturated carbocycles. The summed E-state index contributed by atoms with van der Waals surface area (Å²) in [4.78, 5) is 27.7. The van der Waals surface area contributed by atoms with E-state index in [1.54, 1.807) is 12.1 Å². The first kappa shape index (κ1) is 20.4. The summed E-state index contributed by atoms with van der Waals surface area (Å²) in [5.74, 6) is 0.220. The van der Waals surface area contributed by atoms with Crippen LogP contribution in [0.5, 0.6) is 5.75 Å². The highest BCUT2D eigenvalue weighted by Gasteiger charge is 2.60. The van der Waals surface area contributed by atoms with E-state index in [2.05, 4.69) is 0 Å². The molecule has 0 bridgehead atoms. The molecule has 0 aliphatic heterocycles. The maximum Gasteiger partial charge on any atom is 0.394 e. The average Bonchev–Trinajstić information content (AvgIpc) is 2.46. The minimum atomic E-state index is -4.85. The van der Waals surface area contributed by atoms with Crippen molar-refractivity contribution in [3.8, 4) is 5.75 Å². The Morgan fingerprint density at radius 1 is 1.00 bits per heavy atom. The molecular weight excluding hydrogens is 338 g/mol. The van der Waals surface area contributed by atoms with Gasteiger partial charge in [0.15, 0.2) is 4.90 Å². The normalized spacial score (nSPS) is 15.3. The smallest absolute Gasteiger partial charge is 0.394 e. The Kier molecular flexibility index (Phi) is 6.65.